The first kappa shape index (κ1) is 34.4. The number of hydrogen-bond donors (Lipinski definition) is 4. The van der Waals surface area contributed by atoms with Crippen LogP contribution in [-0.4, -0.2) is 59.6 Å². The average Bonchev–Trinajstić information content (AvgIpc) is 2.79. The van der Waals surface area contributed by atoms with Gasteiger partial charge in [-0.1, -0.05) is 18.2 Å². The zero-order valence-corrected chi connectivity index (χ0v) is 25.1. The molecule has 1 aromatic carbocycles. The van der Waals surface area contributed by atoms with Crippen molar-refractivity contribution < 1.29 is 33.4 Å². The molecule has 0 spiro atoms. The van der Waals surface area contributed by atoms with E-state index in [4.69, 9.17) is 9.47 Å². The maximum Gasteiger partial charge on any atom is 0.329 e. The number of benzene rings is 1. The molecule has 0 heterocycles. The standard InChI is InChI=1S/C29H46N4O7/c1-19-13-9-10-14-21(19)31-26(37)30-18-12-11-15-23(25(36)40-29(6,7)8)33-27(38)32-22(20(2)34)16-17-24(35)39-28(3,4)5/h9-10,13-14,22-23H,11-12,15-18H2,1-8H3,(H2,30,31,37)(H2,32,33,38). The van der Waals surface area contributed by atoms with E-state index in [0.717, 1.165) is 11.3 Å². The summed E-state index contributed by atoms with van der Waals surface area (Å²) in [5.41, 5.74) is 0.237. The first-order valence-corrected chi connectivity index (χ1v) is 13.6. The third-order valence-electron chi connectivity index (χ3n) is 5.45. The second-order valence-corrected chi connectivity index (χ2v) is 11.7. The van der Waals surface area contributed by atoms with Crippen LogP contribution >= 0.6 is 0 Å². The number of urea groups is 2. The number of anilines is 1. The number of para-hydroxylation sites is 1. The van der Waals surface area contributed by atoms with Crippen molar-refractivity contribution in [3.63, 3.8) is 0 Å². The van der Waals surface area contributed by atoms with Gasteiger partial charge in [-0.25, -0.2) is 14.4 Å². The van der Waals surface area contributed by atoms with E-state index in [-0.39, 0.29) is 31.1 Å². The SMILES string of the molecule is CC(=O)C(CCC(=O)OC(C)(C)C)NC(=O)NC(CCCCNC(=O)Nc1ccccc1C)C(=O)OC(C)(C)C. The maximum absolute atomic E-state index is 12.8. The minimum absolute atomic E-state index is 0.0539. The Hall–Kier alpha value is -3.63. The predicted molar refractivity (Wildman–Crippen MR) is 153 cm³/mol. The first-order chi connectivity index (χ1) is 18.5. The lowest BCUT2D eigenvalue weighted by molar-refractivity contribution is -0.157. The third-order valence-corrected chi connectivity index (χ3v) is 5.45. The largest absolute Gasteiger partial charge is 0.460 e. The molecule has 2 unspecified atom stereocenters. The van der Waals surface area contributed by atoms with Gasteiger partial charge in [0.05, 0.1) is 6.04 Å². The number of amides is 4. The molecule has 0 fully saturated rings. The van der Waals surface area contributed by atoms with Crippen LogP contribution in [0.15, 0.2) is 24.3 Å². The topological polar surface area (TPSA) is 152 Å². The van der Waals surface area contributed by atoms with Gasteiger partial charge in [0.25, 0.3) is 0 Å². The fourth-order valence-electron chi connectivity index (χ4n) is 3.57. The Morgan fingerprint density at radius 1 is 0.800 bits per heavy atom. The number of ketones is 1. The highest BCUT2D eigenvalue weighted by atomic mass is 16.6. The van der Waals surface area contributed by atoms with Crippen LogP contribution in [0.2, 0.25) is 0 Å². The molecule has 0 aromatic heterocycles. The fourth-order valence-corrected chi connectivity index (χ4v) is 3.57. The number of esters is 2. The molecule has 0 saturated heterocycles. The Bertz CT molecular complexity index is 1030. The molecule has 0 bridgehead atoms. The average molecular weight is 563 g/mol. The number of Topliss-reactive ketones (excluding diaryl/α,β-unsaturated/α-hetero) is 1. The predicted octanol–water partition coefficient (Wildman–Crippen LogP) is 4.38. The number of carbonyl (C=O) groups is 5. The maximum atomic E-state index is 12.8. The highest BCUT2D eigenvalue weighted by molar-refractivity contribution is 5.90. The van der Waals surface area contributed by atoms with Crippen molar-refractivity contribution in [3.05, 3.63) is 29.8 Å². The molecule has 0 radical (unpaired) electrons. The van der Waals surface area contributed by atoms with E-state index in [2.05, 4.69) is 21.3 Å². The van der Waals surface area contributed by atoms with Crippen molar-refractivity contribution in [1.82, 2.24) is 16.0 Å². The summed E-state index contributed by atoms with van der Waals surface area (Å²) in [5.74, 6) is -1.42. The molecule has 0 aliphatic heterocycles. The quantitative estimate of drug-likeness (QED) is 0.206. The Balaban J connectivity index is 2.65. The molecule has 0 saturated carbocycles. The van der Waals surface area contributed by atoms with Gasteiger partial charge in [-0.15, -0.1) is 0 Å². The number of unbranched alkanes of at least 4 members (excludes halogenated alkanes) is 1. The number of ether oxygens (including phenoxy) is 2. The number of carbonyl (C=O) groups excluding carboxylic acids is 5. The summed E-state index contributed by atoms with van der Waals surface area (Å²) in [6.45, 7) is 14.0. The van der Waals surface area contributed by atoms with Gasteiger partial charge in [-0.05, 0) is 92.7 Å². The second kappa shape index (κ2) is 15.8. The van der Waals surface area contributed by atoms with E-state index in [1.165, 1.54) is 6.92 Å². The normalized spacial score (nSPS) is 12.9. The molecule has 1 aromatic rings. The highest BCUT2D eigenvalue weighted by Crippen LogP contribution is 2.14. The van der Waals surface area contributed by atoms with Crippen molar-refractivity contribution >= 4 is 35.5 Å². The van der Waals surface area contributed by atoms with Gasteiger partial charge >= 0.3 is 24.0 Å². The van der Waals surface area contributed by atoms with Crippen molar-refractivity contribution in [1.29, 1.82) is 0 Å². The minimum atomic E-state index is -0.974. The molecule has 40 heavy (non-hydrogen) atoms. The van der Waals surface area contributed by atoms with Gasteiger partial charge in [-0.2, -0.15) is 0 Å². The summed E-state index contributed by atoms with van der Waals surface area (Å²) in [6.07, 6.45) is 1.32. The van der Waals surface area contributed by atoms with Crippen LogP contribution in [0.3, 0.4) is 0 Å². The van der Waals surface area contributed by atoms with Gasteiger partial charge in [0, 0.05) is 18.7 Å². The van der Waals surface area contributed by atoms with Crippen LogP contribution < -0.4 is 21.3 Å². The lowest BCUT2D eigenvalue weighted by Crippen LogP contribution is -2.52. The van der Waals surface area contributed by atoms with Crippen molar-refractivity contribution in [2.24, 2.45) is 0 Å². The number of aryl methyl sites for hydroxylation is 1. The van der Waals surface area contributed by atoms with Crippen molar-refractivity contribution in [2.45, 2.75) is 111 Å². The Morgan fingerprint density at radius 3 is 1.98 bits per heavy atom. The molecular formula is C29H46N4O7. The van der Waals surface area contributed by atoms with Crippen LogP contribution in [0, 0.1) is 6.92 Å². The molecular weight excluding hydrogens is 516 g/mol. The van der Waals surface area contributed by atoms with Crippen LogP contribution in [0.5, 0.6) is 0 Å². The zero-order valence-electron chi connectivity index (χ0n) is 25.1. The van der Waals surface area contributed by atoms with E-state index in [0.29, 0.717) is 19.4 Å². The Labute approximate surface area is 237 Å². The Morgan fingerprint density at radius 2 is 1.40 bits per heavy atom. The molecule has 4 N–H and O–H groups in total. The smallest absolute Gasteiger partial charge is 0.329 e. The van der Waals surface area contributed by atoms with E-state index >= 15 is 0 Å². The van der Waals surface area contributed by atoms with Crippen molar-refractivity contribution in [3.8, 4) is 0 Å². The van der Waals surface area contributed by atoms with Crippen LogP contribution in [-0.2, 0) is 23.9 Å². The summed E-state index contributed by atoms with van der Waals surface area (Å²) >= 11 is 0. The van der Waals surface area contributed by atoms with E-state index < -0.39 is 41.3 Å². The van der Waals surface area contributed by atoms with Crippen molar-refractivity contribution in [2.75, 3.05) is 11.9 Å². The number of rotatable bonds is 13. The van der Waals surface area contributed by atoms with Gasteiger partial charge in [0.15, 0.2) is 5.78 Å². The summed E-state index contributed by atoms with van der Waals surface area (Å²) in [7, 11) is 0. The van der Waals surface area contributed by atoms with Gasteiger partial charge in [0.2, 0.25) is 0 Å². The van der Waals surface area contributed by atoms with Gasteiger partial charge in [0.1, 0.15) is 17.2 Å². The van der Waals surface area contributed by atoms with Crippen LogP contribution in [0.25, 0.3) is 0 Å². The molecule has 0 aliphatic carbocycles. The summed E-state index contributed by atoms with van der Waals surface area (Å²) in [5, 5.41) is 10.7. The molecule has 11 heteroatoms. The first-order valence-electron chi connectivity index (χ1n) is 13.6. The lowest BCUT2D eigenvalue weighted by Gasteiger charge is -2.25. The summed E-state index contributed by atoms with van der Waals surface area (Å²) in [4.78, 5) is 61.8. The summed E-state index contributed by atoms with van der Waals surface area (Å²) in [6, 6.07) is 4.47. The third kappa shape index (κ3) is 15.1. The minimum Gasteiger partial charge on any atom is -0.460 e. The molecule has 0 aliphatic rings. The molecule has 4 amide bonds. The van der Waals surface area contributed by atoms with Gasteiger partial charge < -0.3 is 30.7 Å². The van der Waals surface area contributed by atoms with E-state index in [1.807, 2.05) is 31.2 Å². The molecule has 2 atom stereocenters. The van der Waals surface area contributed by atoms with E-state index in [1.54, 1.807) is 41.5 Å². The van der Waals surface area contributed by atoms with Crippen LogP contribution in [0.1, 0.15) is 86.1 Å². The Kier molecular flexibility index (Phi) is 13.6. The summed E-state index contributed by atoms with van der Waals surface area (Å²) < 4.78 is 10.7. The lowest BCUT2D eigenvalue weighted by atomic mass is 10.1. The monoisotopic (exact) mass is 562 g/mol. The molecule has 224 valence electrons. The number of hydrogen-bond acceptors (Lipinski definition) is 7. The van der Waals surface area contributed by atoms with E-state index in [9.17, 15) is 24.0 Å². The van der Waals surface area contributed by atoms with Crippen LogP contribution in [0.4, 0.5) is 15.3 Å². The second-order valence-electron chi connectivity index (χ2n) is 11.7. The zero-order chi connectivity index (χ0) is 30.5. The molecule has 1 rings (SSSR count). The number of nitrogens with one attached hydrogen (secondary N) is 4. The molecule has 11 nitrogen and oxygen atoms in total. The highest BCUT2D eigenvalue weighted by Gasteiger charge is 2.28. The van der Waals surface area contributed by atoms with Gasteiger partial charge in [-0.3, -0.25) is 9.59 Å². The fraction of sp³-hybridized carbons (Fsp3) is 0.621.